The second-order valence-corrected chi connectivity index (χ2v) is 9.45. The standard InChI is InChI=1S/C24H31FN2O5S/c1-4-5-11-31-24(30)27(3)14-17-13-21(25)33-22(17)19-9-10-20(15(2)26-19)32-18-8-6-7-16(12-18)23(28)29/h9-10,13,16,18H,4-8,11-12,14H2,1-3H3,(H,28,29)/t16-,18-/m0/s1. The molecule has 180 valence electrons. The summed E-state index contributed by atoms with van der Waals surface area (Å²) in [6.45, 7) is 4.40. The first-order chi connectivity index (χ1) is 15.8. The molecular weight excluding hydrogens is 447 g/mol. The van der Waals surface area contributed by atoms with E-state index < -0.39 is 12.1 Å². The summed E-state index contributed by atoms with van der Waals surface area (Å²) < 4.78 is 25.4. The lowest BCUT2D eigenvalue weighted by Crippen LogP contribution is -2.29. The van der Waals surface area contributed by atoms with Crippen molar-refractivity contribution in [3.05, 3.63) is 34.6 Å². The number of carbonyl (C=O) groups excluding carboxylic acids is 1. The molecule has 3 rings (SSSR count). The van der Waals surface area contributed by atoms with Crippen molar-refractivity contribution < 1.29 is 28.6 Å². The Morgan fingerprint density at radius 2 is 2.12 bits per heavy atom. The number of pyridine rings is 1. The van der Waals surface area contributed by atoms with Crippen LogP contribution in [0.2, 0.25) is 0 Å². The highest BCUT2D eigenvalue weighted by Gasteiger charge is 2.28. The molecule has 2 heterocycles. The van der Waals surface area contributed by atoms with Crippen molar-refractivity contribution in [2.24, 2.45) is 5.92 Å². The van der Waals surface area contributed by atoms with Gasteiger partial charge in [0.1, 0.15) is 5.75 Å². The molecule has 2 aromatic rings. The number of halogens is 1. The maximum atomic E-state index is 14.1. The minimum Gasteiger partial charge on any atom is -0.489 e. The van der Waals surface area contributed by atoms with Crippen LogP contribution in [0.4, 0.5) is 9.18 Å². The third-order valence-corrected chi connectivity index (χ3v) is 6.75. The van der Waals surface area contributed by atoms with E-state index in [1.54, 1.807) is 19.2 Å². The lowest BCUT2D eigenvalue weighted by molar-refractivity contribution is -0.143. The highest BCUT2D eigenvalue weighted by Crippen LogP contribution is 2.34. The minimum atomic E-state index is -0.778. The SMILES string of the molecule is CCCCOC(=O)N(C)Cc1cc(F)sc1-c1ccc(O[C@H]2CCC[C@H](C(=O)O)C2)c(C)n1. The molecule has 0 saturated heterocycles. The first-order valence-corrected chi connectivity index (χ1v) is 12.1. The molecule has 0 radical (unpaired) electrons. The Hall–Kier alpha value is -2.68. The predicted molar refractivity (Wildman–Crippen MR) is 124 cm³/mol. The maximum Gasteiger partial charge on any atom is 0.409 e. The summed E-state index contributed by atoms with van der Waals surface area (Å²) in [7, 11) is 1.62. The van der Waals surface area contributed by atoms with Gasteiger partial charge >= 0.3 is 12.1 Å². The Morgan fingerprint density at radius 3 is 2.82 bits per heavy atom. The Balaban J connectivity index is 1.71. The topological polar surface area (TPSA) is 89.0 Å². The van der Waals surface area contributed by atoms with E-state index in [0.717, 1.165) is 37.0 Å². The molecule has 1 N–H and O–H groups in total. The molecular formula is C24H31FN2O5S. The van der Waals surface area contributed by atoms with Gasteiger partial charge in [0, 0.05) is 7.05 Å². The molecule has 0 aliphatic heterocycles. The van der Waals surface area contributed by atoms with Crippen LogP contribution in [-0.2, 0) is 16.1 Å². The number of hydrogen-bond acceptors (Lipinski definition) is 6. The van der Waals surface area contributed by atoms with Gasteiger partial charge in [-0.1, -0.05) is 13.3 Å². The number of aryl methyl sites for hydroxylation is 1. The van der Waals surface area contributed by atoms with Gasteiger partial charge in [-0.05, 0) is 62.8 Å². The van der Waals surface area contributed by atoms with Crippen molar-refractivity contribution in [1.82, 2.24) is 9.88 Å². The van der Waals surface area contributed by atoms with Gasteiger partial charge in [-0.2, -0.15) is 4.39 Å². The first kappa shape index (κ1) is 25.0. The summed E-state index contributed by atoms with van der Waals surface area (Å²) in [5.41, 5.74) is 1.91. The summed E-state index contributed by atoms with van der Waals surface area (Å²) in [6.07, 6.45) is 3.92. The van der Waals surface area contributed by atoms with E-state index in [9.17, 15) is 19.1 Å². The van der Waals surface area contributed by atoms with Crippen LogP contribution in [0.25, 0.3) is 10.6 Å². The van der Waals surface area contributed by atoms with E-state index >= 15 is 0 Å². The van der Waals surface area contributed by atoms with Crippen LogP contribution < -0.4 is 4.74 Å². The summed E-state index contributed by atoms with van der Waals surface area (Å²) >= 11 is 0.982. The van der Waals surface area contributed by atoms with Gasteiger partial charge < -0.3 is 19.5 Å². The Morgan fingerprint density at radius 1 is 1.33 bits per heavy atom. The predicted octanol–water partition coefficient (Wildman–Crippen LogP) is 5.65. The molecule has 1 aliphatic rings. The van der Waals surface area contributed by atoms with E-state index in [1.807, 2.05) is 13.8 Å². The number of carbonyl (C=O) groups is 2. The van der Waals surface area contributed by atoms with E-state index in [0.29, 0.717) is 47.0 Å². The fourth-order valence-corrected chi connectivity index (χ4v) is 4.79. The number of aliphatic carboxylic acids is 1. The van der Waals surface area contributed by atoms with Crippen LogP contribution in [0, 0.1) is 18.0 Å². The molecule has 2 atom stereocenters. The number of rotatable bonds is 9. The van der Waals surface area contributed by atoms with Crippen LogP contribution in [0.1, 0.15) is 56.7 Å². The fourth-order valence-electron chi connectivity index (χ4n) is 3.92. The first-order valence-electron chi connectivity index (χ1n) is 11.3. The van der Waals surface area contributed by atoms with Gasteiger partial charge in [-0.3, -0.25) is 4.79 Å². The van der Waals surface area contributed by atoms with Crippen molar-refractivity contribution in [1.29, 1.82) is 0 Å². The molecule has 0 spiro atoms. The maximum absolute atomic E-state index is 14.1. The lowest BCUT2D eigenvalue weighted by atomic mass is 9.87. The number of thiophene rings is 1. The van der Waals surface area contributed by atoms with Crippen molar-refractivity contribution >= 4 is 23.4 Å². The average molecular weight is 479 g/mol. The number of carboxylic acid groups (broad SMARTS) is 1. The number of ether oxygens (including phenoxy) is 2. The third-order valence-electron chi connectivity index (χ3n) is 5.76. The second kappa shape index (κ2) is 11.4. The van der Waals surface area contributed by atoms with Gasteiger partial charge in [-0.25, -0.2) is 9.78 Å². The number of hydrogen-bond donors (Lipinski definition) is 1. The Bertz CT molecular complexity index is 980. The zero-order valence-corrected chi connectivity index (χ0v) is 20.1. The fraction of sp³-hybridized carbons (Fsp3) is 0.542. The Labute approximate surface area is 197 Å². The number of aromatic nitrogens is 1. The van der Waals surface area contributed by atoms with Crippen molar-refractivity contribution in [2.45, 2.75) is 65.0 Å². The molecule has 1 fully saturated rings. The van der Waals surface area contributed by atoms with Gasteiger partial charge in [0.2, 0.25) is 0 Å². The lowest BCUT2D eigenvalue weighted by Gasteiger charge is -2.27. The number of nitrogens with zero attached hydrogens (tertiary/aromatic N) is 2. The minimum absolute atomic E-state index is 0.159. The van der Waals surface area contributed by atoms with Gasteiger partial charge in [0.15, 0.2) is 5.13 Å². The molecule has 9 heteroatoms. The smallest absolute Gasteiger partial charge is 0.409 e. The molecule has 1 aliphatic carbocycles. The monoisotopic (exact) mass is 478 g/mol. The van der Waals surface area contributed by atoms with Crippen LogP contribution in [-0.4, -0.2) is 46.8 Å². The molecule has 0 bridgehead atoms. The summed E-state index contributed by atoms with van der Waals surface area (Å²) in [6, 6.07) is 4.99. The highest BCUT2D eigenvalue weighted by atomic mass is 32.1. The van der Waals surface area contributed by atoms with E-state index in [1.165, 1.54) is 11.0 Å². The van der Waals surface area contributed by atoms with Gasteiger partial charge in [-0.15, -0.1) is 11.3 Å². The normalized spacial score (nSPS) is 18.1. The van der Waals surface area contributed by atoms with E-state index in [-0.39, 0.29) is 23.7 Å². The zero-order valence-electron chi connectivity index (χ0n) is 19.3. The third kappa shape index (κ3) is 6.66. The van der Waals surface area contributed by atoms with E-state index in [2.05, 4.69) is 4.98 Å². The van der Waals surface area contributed by atoms with Crippen LogP contribution in [0.15, 0.2) is 18.2 Å². The number of amides is 1. The molecule has 0 aromatic carbocycles. The average Bonchev–Trinajstić information content (AvgIpc) is 3.15. The van der Waals surface area contributed by atoms with Crippen LogP contribution in [0.5, 0.6) is 5.75 Å². The van der Waals surface area contributed by atoms with Crippen molar-refractivity contribution in [2.75, 3.05) is 13.7 Å². The Kier molecular flexibility index (Phi) is 8.66. The molecule has 2 aromatic heterocycles. The molecule has 0 unspecified atom stereocenters. The molecule has 1 amide bonds. The van der Waals surface area contributed by atoms with Crippen LogP contribution in [0.3, 0.4) is 0 Å². The van der Waals surface area contributed by atoms with Crippen molar-refractivity contribution in [3.63, 3.8) is 0 Å². The van der Waals surface area contributed by atoms with Crippen LogP contribution >= 0.6 is 11.3 Å². The second-order valence-electron chi connectivity index (χ2n) is 8.45. The van der Waals surface area contributed by atoms with Gasteiger partial charge in [0.25, 0.3) is 0 Å². The quantitative estimate of drug-likeness (QED) is 0.469. The largest absolute Gasteiger partial charge is 0.489 e. The molecule has 7 nitrogen and oxygen atoms in total. The zero-order chi connectivity index (χ0) is 24.0. The van der Waals surface area contributed by atoms with Crippen molar-refractivity contribution in [3.8, 4) is 16.3 Å². The molecule has 1 saturated carbocycles. The summed E-state index contributed by atoms with van der Waals surface area (Å²) in [5, 5.41) is 8.94. The number of unbranched alkanes of at least 4 members (excludes halogenated alkanes) is 1. The molecule has 33 heavy (non-hydrogen) atoms. The summed E-state index contributed by atoms with van der Waals surface area (Å²) in [4.78, 5) is 30.2. The highest BCUT2D eigenvalue weighted by molar-refractivity contribution is 7.14. The summed E-state index contributed by atoms with van der Waals surface area (Å²) in [5.74, 6) is -0.552. The number of carboxylic acids is 1. The van der Waals surface area contributed by atoms with E-state index in [4.69, 9.17) is 9.47 Å². The van der Waals surface area contributed by atoms with Gasteiger partial charge in [0.05, 0.1) is 41.4 Å².